The van der Waals surface area contributed by atoms with E-state index < -0.39 is 63.8 Å². The quantitative estimate of drug-likeness (QED) is 0.0775. The Hall–Kier alpha value is -4.82. The van der Waals surface area contributed by atoms with Gasteiger partial charge in [-0.05, 0) is 65.9 Å². The number of carbonyl (C=O) groups excluding carboxylic acids is 1. The normalized spacial score (nSPS) is 13.4. The molecule has 3 aromatic carbocycles. The molecule has 0 fully saturated rings. The van der Waals surface area contributed by atoms with Crippen LogP contribution in [0.2, 0.25) is 0 Å². The third-order valence-electron chi connectivity index (χ3n) is 6.83. The lowest BCUT2D eigenvalue weighted by Crippen LogP contribution is -2.38. The maximum absolute atomic E-state index is 15.0. The molecule has 4 rings (SSSR count). The summed E-state index contributed by atoms with van der Waals surface area (Å²) >= 11 is 0. The highest BCUT2D eigenvalue weighted by molar-refractivity contribution is 7.89. The minimum absolute atomic E-state index is 0.0375. The van der Waals surface area contributed by atoms with Gasteiger partial charge in [0.05, 0.1) is 29.6 Å². The number of hydrogen-bond donors (Lipinski definition) is 3. The van der Waals surface area contributed by atoms with Crippen molar-refractivity contribution >= 4 is 21.6 Å². The summed E-state index contributed by atoms with van der Waals surface area (Å²) in [5, 5.41) is 15.9. The highest BCUT2D eigenvalue weighted by atomic mass is 32.2. The van der Waals surface area contributed by atoms with E-state index in [0.717, 1.165) is 36.7 Å². The van der Waals surface area contributed by atoms with Crippen molar-refractivity contribution in [3.05, 3.63) is 136 Å². The van der Waals surface area contributed by atoms with Crippen LogP contribution in [-0.4, -0.2) is 43.1 Å². The molecule has 1 unspecified atom stereocenters. The van der Waals surface area contributed by atoms with Gasteiger partial charge in [0, 0.05) is 28.5 Å². The minimum atomic E-state index is -4.01. The number of aromatic nitrogens is 1. The number of rotatable bonds is 13. The second-order valence-corrected chi connectivity index (χ2v) is 11.6. The Morgan fingerprint density at radius 3 is 2.22 bits per heavy atom. The van der Waals surface area contributed by atoms with Gasteiger partial charge in [0.15, 0.2) is 0 Å². The van der Waals surface area contributed by atoms with Crippen molar-refractivity contribution in [1.29, 1.82) is 0 Å². The van der Waals surface area contributed by atoms with E-state index in [4.69, 9.17) is 0 Å². The average Bonchev–Trinajstić information content (AvgIpc) is 3.00. The van der Waals surface area contributed by atoms with Gasteiger partial charge in [-0.25, -0.2) is 30.7 Å². The van der Waals surface area contributed by atoms with Crippen LogP contribution >= 0.6 is 0 Å². The topological polar surface area (TPSA) is 157 Å². The summed E-state index contributed by atoms with van der Waals surface area (Å²) in [7, 11) is -4.01. The first kappa shape index (κ1) is 33.1. The number of benzene rings is 3. The number of hydrogen-bond acceptors (Lipinski definition) is 6. The Kier molecular flexibility index (Phi) is 10.9. The monoisotopic (exact) mass is 642 g/mol. The van der Waals surface area contributed by atoms with Crippen molar-refractivity contribution in [2.24, 2.45) is 5.11 Å². The molecule has 4 aromatic rings. The molecule has 234 valence electrons. The third kappa shape index (κ3) is 8.42. The van der Waals surface area contributed by atoms with Crippen LogP contribution in [0.3, 0.4) is 0 Å². The maximum Gasteiger partial charge on any atom is 0.240 e. The number of nitrogens with zero attached hydrogens (tertiary/aromatic N) is 4. The molecule has 0 aliphatic carbocycles. The number of amides is 1. The van der Waals surface area contributed by atoms with Crippen LogP contribution in [0, 0.1) is 23.3 Å². The lowest BCUT2D eigenvalue weighted by molar-refractivity contribution is -0.117. The molecule has 3 N–H and O–H groups in total. The molecule has 1 aromatic heterocycles. The number of anilines is 1. The number of aliphatic hydroxyl groups excluding tert-OH is 1. The van der Waals surface area contributed by atoms with Gasteiger partial charge in [0.2, 0.25) is 15.9 Å². The van der Waals surface area contributed by atoms with Crippen LogP contribution in [0.4, 0.5) is 23.2 Å². The lowest BCUT2D eigenvalue weighted by Gasteiger charge is -2.25. The number of azide groups is 1. The van der Waals surface area contributed by atoms with E-state index in [9.17, 15) is 37.0 Å². The smallest absolute Gasteiger partial charge is 0.240 e. The molecule has 0 spiro atoms. The summed E-state index contributed by atoms with van der Waals surface area (Å²) in [6.45, 7) is -0.622. The van der Waals surface area contributed by atoms with Crippen LogP contribution in [0.5, 0.6) is 0 Å². The molecule has 0 bridgehead atoms. The van der Waals surface area contributed by atoms with Crippen molar-refractivity contribution in [2.75, 3.05) is 11.9 Å². The van der Waals surface area contributed by atoms with Crippen molar-refractivity contribution in [3.63, 3.8) is 0 Å². The predicted octanol–water partition coefficient (Wildman–Crippen LogP) is 5.36. The molecule has 0 saturated heterocycles. The number of sulfonamides is 1. The van der Waals surface area contributed by atoms with E-state index in [-0.39, 0.29) is 40.1 Å². The number of halogens is 4. The summed E-state index contributed by atoms with van der Waals surface area (Å²) in [5.41, 5.74) is 9.13. The fourth-order valence-electron chi connectivity index (χ4n) is 4.73. The molecule has 0 saturated carbocycles. The van der Waals surface area contributed by atoms with E-state index in [1.165, 1.54) is 36.4 Å². The first-order valence-corrected chi connectivity index (χ1v) is 14.9. The number of carbonyl (C=O) groups is 1. The Labute approximate surface area is 255 Å². The maximum atomic E-state index is 15.0. The lowest BCUT2D eigenvalue weighted by atomic mass is 9.84. The van der Waals surface area contributed by atoms with Gasteiger partial charge in [-0.3, -0.25) is 9.78 Å². The van der Waals surface area contributed by atoms with Gasteiger partial charge in [0.1, 0.15) is 29.3 Å². The van der Waals surface area contributed by atoms with Crippen LogP contribution in [0.25, 0.3) is 10.4 Å². The zero-order chi connectivity index (χ0) is 32.6. The fraction of sp³-hybridized carbons (Fsp3) is 0.200. The molecule has 3 atom stereocenters. The summed E-state index contributed by atoms with van der Waals surface area (Å²) in [6, 6.07) is 11.8. The summed E-state index contributed by atoms with van der Waals surface area (Å²) < 4.78 is 85.0. The van der Waals surface area contributed by atoms with E-state index >= 15 is 4.39 Å². The SMILES string of the molecule is [N-]=[N+]=N[C@H](C(=O)Nc1cncc(F)c1CCC(CO)NS(=O)(=O)c1ccccc1)[C@@H](c1ccc(F)cc1)c1cc(F)cc(F)c1. The number of aliphatic hydroxyl groups is 1. The van der Waals surface area contributed by atoms with Crippen molar-refractivity contribution in [2.45, 2.75) is 35.7 Å². The fourth-order valence-corrected chi connectivity index (χ4v) is 6.01. The van der Waals surface area contributed by atoms with Gasteiger partial charge >= 0.3 is 0 Å². The van der Waals surface area contributed by atoms with Gasteiger partial charge in [0.25, 0.3) is 0 Å². The van der Waals surface area contributed by atoms with E-state index in [1.807, 2.05) is 0 Å². The molecule has 15 heteroatoms. The Morgan fingerprint density at radius 1 is 0.933 bits per heavy atom. The minimum Gasteiger partial charge on any atom is -0.395 e. The van der Waals surface area contributed by atoms with Crippen LogP contribution in [0.1, 0.15) is 29.0 Å². The number of pyridine rings is 1. The first-order chi connectivity index (χ1) is 21.5. The third-order valence-corrected chi connectivity index (χ3v) is 8.37. The average molecular weight is 643 g/mol. The van der Waals surface area contributed by atoms with Gasteiger partial charge in [-0.15, -0.1) is 0 Å². The van der Waals surface area contributed by atoms with Crippen molar-refractivity contribution in [3.8, 4) is 0 Å². The highest BCUT2D eigenvalue weighted by Crippen LogP contribution is 2.33. The van der Waals surface area contributed by atoms with E-state index in [2.05, 4.69) is 25.0 Å². The van der Waals surface area contributed by atoms with Gasteiger partial charge in [-0.2, -0.15) is 0 Å². The van der Waals surface area contributed by atoms with Crippen LogP contribution in [-0.2, 0) is 21.2 Å². The molecular formula is C30H26F4N6O4S. The van der Waals surface area contributed by atoms with E-state index in [1.54, 1.807) is 6.07 Å². The molecule has 0 aliphatic heterocycles. The summed E-state index contributed by atoms with van der Waals surface area (Å²) in [4.78, 5) is 20.0. The van der Waals surface area contributed by atoms with Crippen molar-refractivity contribution in [1.82, 2.24) is 9.71 Å². The molecule has 10 nitrogen and oxygen atoms in total. The molecule has 0 radical (unpaired) electrons. The largest absolute Gasteiger partial charge is 0.395 e. The van der Waals surface area contributed by atoms with Crippen LogP contribution < -0.4 is 10.0 Å². The Bertz CT molecular complexity index is 1790. The molecule has 1 amide bonds. The zero-order valence-electron chi connectivity index (χ0n) is 23.3. The summed E-state index contributed by atoms with van der Waals surface area (Å²) in [6.07, 6.45) is 1.69. The Morgan fingerprint density at radius 2 is 1.60 bits per heavy atom. The zero-order valence-corrected chi connectivity index (χ0v) is 24.1. The first-order valence-electron chi connectivity index (χ1n) is 13.4. The van der Waals surface area contributed by atoms with Crippen LogP contribution in [0.15, 0.2) is 95.2 Å². The highest BCUT2D eigenvalue weighted by Gasteiger charge is 2.32. The predicted molar refractivity (Wildman–Crippen MR) is 156 cm³/mol. The molecule has 1 heterocycles. The molecular weight excluding hydrogens is 616 g/mol. The summed E-state index contributed by atoms with van der Waals surface area (Å²) in [5.74, 6) is -5.76. The second-order valence-electron chi connectivity index (χ2n) is 9.87. The molecule has 0 aliphatic rings. The van der Waals surface area contributed by atoms with E-state index in [0.29, 0.717) is 6.07 Å². The van der Waals surface area contributed by atoms with Gasteiger partial charge in [-0.1, -0.05) is 35.4 Å². The van der Waals surface area contributed by atoms with Gasteiger partial charge < -0.3 is 10.4 Å². The Balaban J connectivity index is 1.62. The second kappa shape index (κ2) is 14.8. The van der Waals surface area contributed by atoms with Crippen molar-refractivity contribution < 1.29 is 35.9 Å². The standard InChI is InChI=1S/C30H26F4N6O4S/c31-20-8-6-18(7-9-20)28(19-12-21(32)14-22(33)13-19)29(38-40-35)30(42)37-27-16-36-15-26(34)25(27)11-10-23(17-41)39-45(43,44)24-4-2-1-3-5-24/h1-9,12-16,23,28-29,39,41H,10-11,17H2,(H,37,42)/t23?,28-,29-/m0/s1. The number of nitrogens with one attached hydrogen (secondary N) is 2. The molecule has 45 heavy (non-hydrogen) atoms.